The summed E-state index contributed by atoms with van der Waals surface area (Å²) in [5.74, 6) is 1.86. The molecule has 472 valence electrons. The van der Waals surface area contributed by atoms with E-state index in [1.165, 1.54) is 103 Å². The van der Waals surface area contributed by atoms with Crippen molar-refractivity contribution in [1.29, 1.82) is 0 Å². The predicted molar refractivity (Wildman–Crippen MR) is 397 cm³/mol. The molecule has 0 aliphatic carbocycles. The maximum absolute atomic E-state index is 6.37. The molecule has 8 aromatic heterocycles. The first kappa shape index (κ1) is 59.0. The largest absolute Gasteiger partial charge is 0.455 e. The minimum atomic E-state index is 0.272. The van der Waals surface area contributed by atoms with Gasteiger partial charge in [0.15, 0.2) is 29.2 Å². The van der Waals surface area contributed by atoms with E-state index in [2.05, 4.69) is 316 Å². The fourth-order valence-corrected chi connectivity index (χ4v) is 15.6. The first-order valence-corrected chi connectivity index (χ1v) is 33.7. The van der Waals surface area contributed by atoms with Crippen molar-refractivity contribution >= 4 is 148 Å². The second kappa shape index (κ2) is 23.3. The van der Waals surface area contributed by atoms with Gasteiger partial charge in [0.05, 0.1) is 30.5 Å². The summed E-state index contributed by atoms with van der Waals surface area (Å²) < 4.78 is 39.5. The third kappa shape index (κ3) is 9.64. The third-order valence-corrected chi connectivity index (χ3v) is 20.7. The van der Waals surface area contributed by atoms with E-state index in [4.69, 9.17) is 22.1 Å². The molecule has 1 aliphatic rings. The van der Waals surface area contributed by atoms with Crippen molar-refractivity contribution in [3.8, 4) is 27.8 Å². The monoisotopic (exact) mass is 1290 g/mol. The van der Waals surface area contributed by atoms with Crippen LogP contribution in [-0.2, 0) is 21.1 Å². The molecule has 1 aliphatic heterocycles. The van der Waals surface area contributed by atoms with Gasteiger partial charge in [-0.1, -0.05) is 169 Å². The van der Waals surface area contributed by atoms with Gasteiger partial charge in [-0.15, -0.1) is 0 Å². The summed E-state index contributed by atoms with van der Waals surface area (Å²) in [7, 11) is 8.22. The molecule has 19 aromatic rings. The second-order valence-corrected chi connectivity index (χ2v) is 26.5. The standard InChI is InChI=1S/C22H20N2O.C21H17N2O.C21H16NO2.C21H16NOS/c1-14-8-10-18-20-17-7-5-4-6-16(17)9-11-19(20)25-22(18)21(14)24-13-12-23(3)15(24)2;1-14-6-5-12-23(14)21-20-17(11-13-22(21)2)19-16-8-4-3-7-15(16)9-10-18(19)24-20;1-13-7-9-16-19-15-6-4-3-5-14(15)8-10-17(19)24-20(16)18(13)21-22(2)11-12-23-21;1-13-7-9-16-19-15-6-4-3-5-14(15)8-10-17(19)23-20(16)18(13)21-22(2)11-12-24-21/h4-13,15H,1-3H3;3-13H,1-2H3;2*3-12H,1-2H3/q;3*+1/t15-;;;/m0.../s1. The van der Waals surface area contributed by atoms with Crippen LogP contribution in [0.1, 0.15) is 29.3 Å². The van der Waals surface area contributed by atoms with Crippen molar-refractivity contribution in [3.05, 3.63) is 271 Å². The lowest BCUT2D eigenvalue weighted by molar-refractivity contribution is -0.664. The van der Waals surface area contributed by atoms with Gasteiger partial charge in [-0.05, 0) is 137 Å². The van der Waals surface area contributed by atoms with Gasteiger partial charge in [0.25, 0.3) is 5.01 Å². The average molecular weight is 1290 g/mol. The first-order chi connectivity index (χ1) is 47.4. The van der Waals surface area contributed by atoms with Crippen LogP contribution in [0.4, 0.5) is 5.69 Å². The smallest absolute Gasteiger partial charge is 0.384 e. The number of furan rings is 4. The zero-order valence-corrected chi connectivity index (χ0v) is 56.2. The lowest BCUT2D eigenvalue weighted by atomic mass is 10.0. The average Bonchev–Trinajstić information content (AvgIpc) is 1.63. The Bertz CT molecular complexity index is 5920. The Hall–Kier alpha value is -11.7. The molecule has 0 bridgehead atoms. The molecule has 0 saturated heterocycles. The van der Waals surface area contributed by atoms with E-state index in [-0.39, 0.29) is 6.17 Å². The highest BCUT2D eigenvalue weighted by molar-refractivity contribution is 7.12. The Morgan fingerprint density at radius 3 is 1.33 bits per heavy atom. The molecule has 20 rings (SSSR count). The topological polar surface area (TPSA) is 88.7 Å². The van der Waals surface area contributed by atoms with E-state index >= 15 is 0 Å². The van der Waals surface area contributed by atoms with E-state index in [9.17, 15) is 0 Å². The maximum atomic E-state index is 6.37. The number of rotatable bonds is 4. The van der Waals surface area contributed by atoms with Gasteiger partial charge < -0.3 is 31.9 Å². The SMILES string of the molecule is Cc1ccc2c(oc3ccc4ccccc4c32)c1-c1occ[n+]1C.Cc1ccc2c(oc3ccc4ccccc4c32)c1-c1scc[n+]1C.Cc1ccc2c(oc3ccc4ccccc4c32)c1N1C=CN(C)[C@@H]1C.Cc1cccn1-c1c2oc3ccc4ccccc4c3c2cc[n+]1C. The molecule has 11 aromatic carbocycles. The molecule has 1 atom stereocenters. The minimum absolute atomic E-state index is 0.272. The Labute approximate surface area is 562 Å². The Morgan fingerprint density at radius 1 is 0.402 bits per heavy atom. The van der Waals surface area contributed by atoms with E-state index in [0.717, 1.165) is 84.0 Å². The number of nitrogens with zero attached hydrogens (tertiary/aromatic N) is 6. The lowest BCUT2D eigenvalue weighted by Crippen LogP contribution is -2.33. The van der Waals surface area contributed by atoms with Crippen molar-refractivity contribution in [1.82, 2.24) is 9.47 Å². The first-order valence-electron chi connectivity index (χ1n) is 32.8. The third-order valence-electron chi connectivity index (χ3n) is 19.7. The summed E-state index contributed by atoms with van der Waals surface area (Å²) >= 11 is 1.75. The molecule has 11 nitrogen and oxygen atoms in total. The number of hydrogen-bond donors (Lipinski definition) is 0. The van der Waals surface area contributed by atoms with Crippen molar-refractivity contribution in [2.24, 2.45) is 21.1 Å². The van der Waals surface area contributed by atoms with E-state index in [1.54, 1.807) is 17.6 Å². The van der Waals surface area contributed by atoms with Crippen LogP contribution < -0.4 is 18.6 Å². The summed E-state index contributed by atoms with van der Waals surface area (Å²) in [6.45, 7) is 10.7. The van der Waals surface area contributed by atoms with Gasteiger partial charge in [0.1, 0.15) is 59.4 Å². The van der Waals surface area contributed by atoms with Gasteiger partial charge >= 0.3 is 11.7 Å². The molecule has 12 heteroatoms. The Balaban J connectivity index is 0.0000000975. The van der Waals surface area contributed by atoms with Crippen LogP contribution in [0, 0.1) is 27.7 Å². The summed E-state index contributed by atoms with van der Waals surface area (Å²) in [5, 5.41) is 22.7. The van der Waals surface area contributed by atoms with Crippen LogP contribution in [0.15, 0.2) is 271 Å². The van der Waals surface area contributed by atoms with E-state index in [0.29, 0.717) is 0 Å². The number of pyridine rings is 1. The molecule has 0 unspecified atom stereocenters. The van der Waals surface area contributed by atoms with Crippen LogP contribution in [0.25, 0.3) is 159 Å². The zero-order chi connectivity index (χ0) is 65.9. The molecule has 0 fully saturated rings. The van der Waals surface area contributed by atoms with Crippen molar-refractivity contribution < 1.29 is 35.8 Å². The zero-order valence-electron chi connectivity index (χ0n) is 55.4. The Kier molecular flexibility index (Phi) is 14.2. The number of aryl methyl sites for hydroxylation is 7. The number of aromatic nitrogens is 4. The van der Waals surface area contributed by atoms with Gasteiger partial charge in [0, 0.05) is 62.5 Å². The normalized spacial score (nSPS) is 13.2. The molecule has 0 spiro atoms. The highest BCUT2D eigenvalue weighted by Gasteiger charge is 2.29. The highest BCUT2D eigenvalue weighted by Crippen LogP contribution is 2.45. The molecule has 97 heavy (non-hydrogen) atoms. The van der Waals surface area contributed by atoms with Gasteiger partial charge in [-0.3, -0.25) is 0 Å². The fraction of sp³-hybridized carbons (Fsp3) is 0.118. The van der Waals surface area contributed by atoms with Crippen molar-refractivity contribution in [2.75, 3.05) is 11.9 Å². The summed E-state index contributed by atoms with van der Waals surface area (Å²) in [6, 6.07) is 70.1. The van der Waals surface area contributed by atoms with Crippen molar-refractivity contribution in [3.63, 3.8) is 0 Å². The fourth-order valence-electron chi connectivity index (χ4n) is 14.6. The molecule has 0 radical (unpaired) electrons. The second-order valence-electron chi connectivity index (χ2n) is 25.6. The quantitative estimate of drug-likeness (QED) is 0.162. The molecule has 0 amide bonds. The molecule has 0 saturated carbocycles. The van der Waals surface area contributed by atoms with Gasteiger partial charge in [-0.2, -0.15) is 9.13 Å². The minimum Gasteiger partial charge on any atom is -0.455 e. The number of hydrogen-bond acceptors (Lipinski definition) is 8. The van der Waals surface area contributed by atoms with Gasteiger partial charge in [0.2, 0.25) is 11.8 Å². The van der Waals surface area contributed by atoms with Crippen LogP contribution >= 0.6 is 11.3 Å². The predicted octanol–water partition coefficient (Wildman–Crippen LogP) is 21.0. The molecule has 9 heterocycles. The number of benzene rings is 11. The number of oxazole rings is 1. The summed E-state index contributed by atoms with van der Waals surface area (Å²) in [5.41, 5.74) is 15.7. The van der Waals surface area contributed by atoms with Crippen LogP contribution in [0.2, 0.25) is 0 Å². The maximum Gasteiger partial charge on any atom is 0.384 e. The van der Waals surface area contributed by atoms with Crippen LogP contribution in [0.5, 0.6) is 0 Å². The number of fused-ring (bicyclic) bond motifs is 20. The molecular weight excluding hydrogens is 1220 g/mol. The van der Waals surface area contributed by atoms with E-state index in [1.807, 2.05) is 17.8 Å². The van der Waals surface area contributed by atoms with Crippen LogP contribution in [-0.4, -0.2) is 22.7 Å². The van der Waals surface area contributed by atoms with Crippen LogP contribution in [0.3, 0.4) is 0 Å². The lowest BCUT2D eigenvalue weighted by Gasteiger charge is -2.28. The summed E-state index contributed by atoms with van der Waals surface area (Å²) in [4.78, 5) is 4.50. The van der Waals surface area contributed by atoms with Crippen molar-refractivity contribution in [2.45, 2.75) is 40.8 Å². The summed E-state index contributed by atoms with van der Waals surface area (Å²) in [6.07, 6.45) is 14.4. The number of anilines is 1. The number of thiazole rings is 1. The highest BCUT2D eigenvalue weighted by atomic mass is 32.1. The molecule has 0 N–H and O–H groups in total. The molecular formula is C85H69N6O5S+3. The van der Waals surface area contributed by atoms with E-state index < -0.39 is 0 Å². The van der Waals surface area contributed by atoms with Gasteiger partial charge in [-0.25, -0.2) is 9.13 Å². The Morgan fingerprint density at radius 2 is 0.866 bits per heavy atom.